The largest absolute Gasteiger partial charge is 0.297 e. The van der Waals surface area contributed by atoms with Gasteiger partial charge >= 0.3 is 0 Å². The Balaban J connectivity index is 3.31. The van der Waals surface area contributed by atoms with Gasteiger partial charge < -0.3 is 0 Å². The molecule has 1 rings (SSSR count). The van der Waals surface area contributed by atoms with Gasteiger partial charge in [-0.2, -0.15) is 0 Å². The van der Waals surface area contributed by atoms with Crippen LogP contribution in [0, 0.1) is 0 Å². The lowest BCUT2D eigenvalue weighted by Crippen LogP contribution is -2.55. The predicted molar refractivity (Wildman–Crippen MR) is 88.1 cm³/mol. The first-order valence-electron chi connectivity index (χ1n) is 7.11. The third-order valence-corrected chi connectivity index (χ3v) is 5.12. The zero-order chi connectivity index (χ0) is 15.3. The van der Waals surface area contributed by atoms with Crippen LogP contribution in [0.1, 0.15) is 45.7 Å². The molecule has 0 aliphatic heterocycles. The van der Waals surface area contributed by atoms with Crippen LogP contribution in [0.5, 0.6) is 0 Å². The quantitative estimate of drug-likeness (QED) is 0.589. The van der Waals surface area contributed by atoms with Gasteiger partial charge in [0.2, 0.25) is 0 Å². The zero-order valence-corrected chi connectivity index (χ0v) is 14.2. The van der Waals surface area contributed by atoms with E-state index in [9.17, 15) is 0 Å². The first-order chi connectivity index (χ1) is 9.46. The fraction of sp³-hybridized carbons (Fsp3) is 0.600. The van der Waals surface area contributed by atoms with Crippen molar-refractivity contribution in [1.29, 1.82) is 0 Å². The van der Waals surface area contributed by atoms with Crippen LogP contribution in [0.2, 0.25) is 10.0 Å². The molecule has 1 aromatic carbocycles. The van der Waals surface area contributed by atoms with Crippen LogP contribution in [0.4, 0.5) is 0 Å². The Hall–Kier alpha value is -0.320. The van der Waals surface area contributed by atoms with Crippen molar-refractivity contribution >= 4 is 23.2 Å². The molecule has 0 spiro atoms. The van der Waals surface area contributed by atoms with Crippen molar-refractivity contribution in [2.75, 3.05) is 13.1 Å². The van der Waals surface area contributed by atoms with Crippen LogP contribution in [0.3, 0.4) is 0 Å². The van der Waals surface area contributed by atoms with E-state index < -0.39 is 0 Å². The van der Waals surface area contributed by atoms with Crippen LogP contribution in [0.15, 0.2) is 18.2 Å². The number of benzene rings is 1. The van der Waals surface area contributed by atoms with Gasteiger partial charge in [-0.25, -0.2) is 0 Å². The van der Waals surface area contributed by atoms with Crippen molar-refractivity contribution in [3.63, 3.8) is 0 Å². The average molecular weight is 318 g/mol. The molecule has 0 bridgehead atoms. The van der Waals surface area contributed by atoms with Gasteiger partial charge in [-0.05, 0) is 38.1 Å². The third kappa shape index (κ3) is 3.29. The van der Waals surface area contributed by atoms with E-state index in [2.05, 4.69) is 38.0 Å². The molecule has 0 radical (unpaired) electrons. The molecule has 0 aliphatic carbocycles. The van der Waals surface area contributed by atoms with E-state index in [0.29, 0.717) is 10.0 Å². The summed E-state index contributed by atoms with van der Waals surface area (Å²) < 4.78 is 0. The molecular formula is C15H25Cl2N3. The Bertz CT molecular complexity index is 435. The zero-order valence-electron chi connectivity index (χ0n) is 12.7. The first-order valence-corrected chi connectivity index (χ1v) is 7.86. The van der Waals surface area contributed by atoms with E-state index in [1.54, 1.807) is 6.07 Å². The lowest BCUT2D eigenvalue weighted by Gasteiger charge is -2.45. The van der Waals surface area contributed by atoms with E-state index in [1.807, 2.05) is 12.1 Å². The Morgan fingerprint density at radius 2 is 1.85 bits per heavy atom. The van der Waals surface area contributed by atoms with Gasteiger partial charge in [-0.1, -0.05) is 56.1 Å². The molecule has 20 heavy (non-hydrogen) atoms. The lowest BCUT2D eigenvalue weighted by atomic mass is 9.83. The summed E-state index contributed by atoms with van der Waals surface area (Å²) in [4.78, 5) is 2.40. The smallest absolute Gasteiger partial charge is 0.0656 e. The Morgan fingerprint density at radius 1 is 1.25 bits per heavy atom. The molecule has 0 saturated heterocycles. The summed E-state index contributed by atoms with van der Waals surface area (Å²) in [5, 5.41) is 1.13. The second-order valence-corrected chi connectivity index (χ2v) is 5.91. The maximum atomic E-state index is 6.37. The minimum Gasteiger partial charge on any atom is -0.297 e. The highest BCUT2D eigenvalue weighted by Crippen LogP contribution is 2.38. The van der Waals surface area contributed by atoms with E-state index in [4.69, 9.17) is 29.0 Å². The molecule has 1 aromatic rings. The number of likely N-dealkylation sites (N-methyl/N-ethyl adjacent to an activating group) is 1. The second kappa shape index (κ2) is 7.62. The summed E-state index contributed by atoms with van der Waals surface area (Å²) in [7, 11) is 0. The highest BCUT2D eigenvalue weighted by molar-refractivity contribution is 6.42. The summed E-state index contributed by atoms with van der Waals surface area (Å²) in [5.74, 6) is 5.85. The van der Waals surface area contributed by atoms with Gasteiger partial charge in [0.05, 0.1) is 16.1 Å². The molecule has 2 unspecified atom stereocenters. The first kappa shape index (κ1) is 17.7. The molecule has 5 heteroatoms. The second-order valence-electron chi connectivity index (χ2n) is 5.13. The molecule has 0 aliphatic rings. The minimum absolute atomic E-state index is 0.0846. The van der Waals surface area contributed by atoms with Crippen molar-refractivity contribution in [2.24, 2.45) is 5.84 Å². The summed E-state index contributed by atoms with van der Waals surface area (Å²) in [6.07, 6.45) is 0.951. The van der Waals surface area contributed by atoms with Crippen molar-refractivity contribution in [3.05, 3.63) is 33.8 Å². The van der Waals surface area contributed by atoms with Crippen molar-refractivity contribution in [2.45, 2.75) is 45.7 Å². The Kier molecular flexibility index (Phi) is 6.76. The number of hydrogen-bond acceptors (Lipinski definition) is 3. The normalized spacial score (nSPS) is 16.2. The maximum absolute atomic E-state index is 6.37. The molecule has 0 saturated carbocycles. The molecule has 3 nitrogen and oxygen atoms in total. The standard InChI is InChI=1S/C15H25Cl2N3/c1-5-15(4,20(6-2)7-3)14(19-18)11-9-8-10-12(16)13(11)17/h8-10,14,19H,5-7,18H2,1-4H3. The van der Waals surface area contributed by atoms with E-state index in [0.717, 1.165) is 25.1 Å². The molecule has 2 atom stereocenters. The van der Waals surface area contributed by atoms with Crippen LogP contribution in [0.25, 0.3) is 0 Å². The fourth-order valence-electron chi connectivity index (χ4n) is 2.90. The monoisotopic (exact) mass is 317 g/mol. The van der Waals surface area contributed by atoms with Crippen molar-refractivity contribution in [1.82, 2.24) is 10.3 Å². The molecule has 0 amide bonds. The third-order valence-electron chi connectivity index (χ3n) is 4.28. The maximum Gasteiger partial charge on any atom is 0.0656 e. The van der Waals surface area contributed by atoms with E-state index >= 15 is 0 Å². The number of halogens is 2. The number of hydrogen-bond donors (Lipinski definition) is 2. The Morgan fingerprint density at radius 3 is 2.30 bits per heavy atom. The minimum atomic E-state index is -0.132. The summed E-state index contributed by atoms with van der Waals surface area (Å²) in [6, 6.07) is 5.60. The highest BCUT2D eigenvalue weighted by atomic mass is 35.5. The summed E-state index contributed by atoms with van der Waals surface area (Å²) >= 11 is 12.5. The van der Waals surface area contributed by atoms with Crippen LogP contribution < -0.4 is 11.3 Å². The number of nitrogens with zero attached hydrogens (tertiary/aromatic N) is 1. The highest BCUT2D eigenvalue weighted by Gasteiger charge is 2.38. The molecule has 0 fully saturated rings. The van der Waals surface area contributed by atoms with E-state index in [-0.39, 0.29) is 11.6 Å². The van der Waals surface area contributed by atoms with Gasteiger partial charge in [0.15, 0.2) is 0 Å². The SMILES string of the molecule is CCN(CC)C(C)(CC)C(NN)c1cccc(Cl)c1Cl. The van der Waals surface area contributed by atoms with Crippen molar-refractivity contribution in [3.8, 4) is 0 Å². The molecule has 0 heterocycles. The number of rotatable bonds is 7. The molecule has 114 valence electrons. The number of hydrazine groups is 1. The van der Waals surface area contributed by atoms with Gasteiger partial charge in [0.1, 0.15) is 0 Å². The topological polar surface area (TPSA) is 41.3 Å². The van der Waals surface area contributed by atoms with Crippen molar-refractivity contribution < 1.29 is 0 Å². The summed E-state index contributed by atoms with van der Waals surface area (Å²) in [6.45, 7) is 10.6. The number of nitrogens with one attached hydrogen (secondary N) is 1. The molecule has 0 aromatic heterocycles. The van der Waals surface area contributed by atoms with E-state index in [1.165, 1.54) is 0 Å². The van der Waals surface area contributed by atoms with Crippen LogP contribution in [-0.4, -0.2) is 23.5 Å². The molecular weight excluding hydrogens is 293 g/mol. The number of nitrogens with two attached hydrogens (primary N) is 1. The average Bonchev–Trinajstić information content (AvgIpc) is 2.45. The fourth-order valence-corrected chi connectivity index (χ4v) is 3.32. The van der Waals surface area contributed by atoms with Gasteiger partial charge in [-0.3, -0.25) is 16.2 Å². The lowest BCUT2D eigenvalue weighted by molar-refractivity contribution is 0.0699. The predicted octanol–water partition coefficient (Wildman–Crippen LogP) is 4.01. The van der Waals surface area contributed by atoms with Gasteiger partial charge in [-0.15, -0.1) is 0 Å². The van der Waals surface area contributed by atoms with Crippen LogP contribution >= 0.6 is 23.2 Å². The molecule has 3 N–H and O–H groups in total. The van der Waals surface area contributed by atoms with Crippen LogP contribution in [-0.2, 0) is 0 Å². The summed E-state index contributed by atoms with van der Waals surface area (Å²) in [5.41, 5.74) is 3.75. The van der Waals surface area contributed by atoms with Gasteiger partial charge in [0, 0.05) is 5.54 Å². The Labute approximate surface area is 132 Å². The van der Waals surface area contributed by atoms with Gasteiger partial charge in [0.25, 0.3) is 0 Å².